The fraction of sp³-hybridized carbons (Fsp3) is 0.591. The molecule has 1 aliphatic heterocycles. The van der Waals surface area contributed by atoms with Crippen LogP contribution in [-0.4, -0.2) is 43.9 Å². The largest absolute Gasteiger partial charge is 0.341 e. The van der Waals surface area contributed by atoms with Gasteiger partial charge in [0.15, 0.2) is 5.16 Å². The van der Waals surface area contributed by atoms with Crippen molar-refractivity contribution < 1.29 is 4.79 Å². The number of carbonyl (C=O) groups is 1. The first kappa shape index (κ1) is 19.5. The van der Waals surface area contributed by atoms with Crippen LogP contribution >= 0.6 is 11.8 Å². The molecule has 5 nitrogen and oxygen atoms in total. The Labute approximate surface area is 171 Å². The Morgan fingerprint density at radius 1 is 1.14 bits per heavy atom. The number of nitrogens with zero attached hydrogens (tertiary/aromatic N) is 4. The highest BCUT2D eigenvalue weighted by Gasteiger charge is 2.33. The number of hydrogen-bond acceptors (Lipinski definition) is 4. The minimum absolute atomic E-state index is 0.150. The lowest BCUT2D eigenvalue weighted by molar-refractivity contribution is -0.132. The van der Waals surface area contributed by atoms with Crippen LogP contribution in [0, 0.1) is 11.8 Å². The molecule has 6 heteroatoms. The van der Waals surface area contributed by atoms with Gasteiger partial charge in [0.2, 0.25) is 5.91 Å². The van der Waals surface area contributed by atoms with Crippen LogP contribution in [0.2, 0.25) is 0 Å². The molecule has 0 spiro atoms. The minimum Gasteiger partial charge on any atom is -0.341 e. The SMILES string of the molecule is CC1CC(C)CN(C(=O)C(C)Sc2nnc(C3CC3)n2Cc2ccccc2)C1. The normalized spacial score (nSPS) is 23.6. The molecular weight excluding hydrogens is 368 g/mol. The predicted octanol–water partition coefficient (Wildman–Crippen LogP) is 4.19. The van der Waals surface area contributed by atoms with Gasteiger partial charge in [0, 0.05) is 19.0 Å². The van der Waals surface area contributed by atoms with Gasteiger partial charge >= 0.3 is 0 Å². The molecule has 1 aromatic heterocycles. The quantitative estimate of drug-likeness (QED) is 0.685. The second-order valence-corrected chi connectivity index (χ2v) is 9.94. The van der Waals surface area contributed by atoms with E-state index in [4.69, 9.17) is 0 Å². The van der Waals surface area contributed by atoms with Crippen molar-refractivity contribution in [2.24, 2.45) is 11.8 Å². The zero-order valence-corrected chi connectivity index (χ0v) is 17.9. The van der Waals surface area contributed by atoms with Gasteiger partial charge < -0.3 is 9.47 Å². The molecule has 1 amide bonds. The summed E-state index contributed by atoms with van der Waals surface area (Å²) in [6.45, 7) is 9.00. The highest BCUT2D eigenvalue weighted by molar-refractivity contribution is 8.00. The van der Waals surface area contributed by atoms with E-state index >= 15 is 0 Å². The number of aromatic nitrogens is 3. The number of thioether (sulfide) groups is 1. The van der Waals surface area contributed by atoms with E-state index in [-0.39, 0.29) is 11.2 Å². The maximum Gasteiger partial charge on any atom is 0.235 e. The summed E-state index contributed by atoms with van der Waals surface area (Å²) < 4.78 is 2.23. The van der Waals surface area contributed by atoms with Crippen molar-refractivity contribution in [2.75, 3.05) is 13.1 Å². The Morgan fingerprint density at radius 2 is 1.82 bits per heavy atom. The number of likely N-dealkylation sites (tertiary alicyclic amines) is 1. The Kier molecular flexibility index (Phi) is 5.76. The summed E-state index contributed by atoms with van der Waals surface area (Å²) in [4.78, 5) is 15.1. The maximum atomic E-state index is 13.1. The molecule has 28 heavy (non-hydrogen) atoms. The van der Waals surface area contributed by atoms with Crippen LogP contribution in [-0.2, 0) is 11.3 Å². The molecule has 2 heterocycles. The smallest absolute Gasteiger partial charge is 0.235 e. The van der Waals surface area contributed by atoms with E-state index in [2.05, 4.69) is 57.8 Å². The van der Waals surface area contributed by atoms with Crippen molar-refractivity contribution >= 4 is 17.7 Å². The van der Waals surface area contributed by atoms with Gasteiger partial charge in [-0.1, -0.05) is 55.9 Å². The fourth-order valence-corrected chi connectivity index (χ4v) is 5.19. The maximum absolute atomic E-state index is 13.1. The first-order valence-electron chi connectivity index (χ1n) is 10.4. The zero-order valence-electron chi connectivity index (χ0n) is 17.0. The number of carbonyl (C=O) groups excluding carboxylic acids is 1. The summed E-state index contributed by atoms with van der Waals surface area (Å²) in [5, 5.41) is 9.68. The molecule has 1 aromatic carbocycles. The lowest BCUT2D eigenvalue weighted by atomic mass is 9.92. The monoisotopic (exact) mass is 398 g/mol. The van der Waals surface area contributed by atoms with E-state index in [1.165, 1.54) is 24.8 Å². The third-order valence-corrected chi connectivity index (χ3v) is 6.75. The van der Waals surface area contributed by atoms with Crippen LogP contribution in [0.5, 0.6) is 0 Å². The van der Waals surface area contributed by atoms with Crippen LogP contribution in [0.4, 0.5) is 0 Å². The number of hydrogen-bond donors (Lipinski definition) is 0. The number of piperidine rings is 1. The molecular formula is C22H30N4OS. The summed E-state index contributed by atoms with van der Waals surface area (Å²) in [7, 11) is 0. The number of benzene rings is 1. The fourth-order valence-electron chi connectivity index (χ4n) is 4.25. The summed E-state index contributed by atoms with van der Waals surface area (Å²) in [6.07, 6.45) is 3.59. The van der Waals surface area contributed by atoms with Crippen LogP contribution in [0.1, 0.15) is 57.3 Å². The average molecular weight is 399 g/mol. The number of rotatable bonds is 6. The Morgan fingerprint density at radius 3 is 2.46 bits per heavy atom. The lowest BCUT2D eigenvalue weighted by Crippen LogP contribution is -2.45. The first-order valence-corrected chi connectivity index (χ1v) is 11.3. The van der Waals surface area contributed by atoms with Crippen molar-refractivity contribution in [3.63, 3.8) is 0 Å². The van der Waals surface area contributed by atoms with E-state index in [0.29, 0.717) is 17.8 Å². The molecule has 0 bridgehead atoms. The third kappa shape index (κ3) is 4.43. The highest BCUT2D eigenvalue weighted by atomic mass is 32.2. The van der Waals surface area contributed by atoms with Crippen molar-refractivity contribution in [3.8, 4) is 0 Å². The second kappa shape index (κ2) is 8.27. The van der Waals surface area contributed by atoms with Gasteiger partial charge in [-0.3, -0.25) is 4.79 Å². The molecule has 2 aromatic rings. The van der Waals surface area contributed by atoms with E-state index in [9.17, 15) is 4.79 Å². The van der Waals surface area contributed by atoms with E-state index in [0.717, 1.165) is 30.6 Å². The van der Waals surface area contributed by atoms with Crippen LogP contribution in [0.25, 0.3) is 0 Å². The molecule has 150 valence electrons. The molecule has 3 unspecified atom stereocenters. The van der Waals surface area contributed by atoms with Gasteiger partial charge in [-0.15, -0.1) is 10.2 Å². The summed E-state index contributed by atoms with van der Waals surface area (Å²) in [5.74, 6) is 2.98. The summed E-state index contributed by atoms with van der Waals surface area (Å²) in [6, 6.07) is 10.4. The molecule has 0 radical (unpaired) electrons. The van der Waals surface area contributed by atoms with Gasteiger partial charge in [-0.25, -0.2) is 0 Å². The van der Waals surface area contributed by atoms with Crippen molar-refractivity contribution in [3.05, 3.63) is 41.7 Å². The Bertz CT molecular complexity index is 807. The third-order valence-electron chi connectivity index (χ3n) is 5.68. The Hall–Kier alpha value is -1.82. The van der Waals surface area contributed by atoms with Gasteiger partial charge in [-0.05, 0) is 43.6 Å². The minimum atomic E-state index is -0.150. The van der Waals surface area contributed by atoms with E-state index in [1.54, 1.807) is 11.8 Å². The van der Waals surface area contributed by atoms with Crippen LogP contribution in [0.3, 0.4) is 0 Å². The second-order valence-electron chi connectivity index (χ2n) is 8.64. The topological polar surface area (TPSA) is 51.0 Å². The molecule has 1 saturated heterocycles. The van der Waals surface area contributed by atoms with Crippen molar-refractivity contribution in [1.29, 1.82) is 0 Å². The van der Waals surface area contributed by atoms with E-state index in [1.807, 2.05) is 13.0 Å². The summed E-state index contributed by atoms with van der Waals surface area (Å²) in [5.41, 5.74) is 1.24. The van der Waals surface area contributed by atoms with Crippen molar-refractivity contribution in [1.82, 2.24) is 19.7 Å². The Balaban J connectivity index is 1.50. The average Bonchev–Trinajstić information content (AvgIpc) is 3.44. The van der Waals surface area contributed by atoms with Gasteiger partial charge in [0.25, 0.3) is 0 Å². The molecule has 2 fully saturated rings. The summed E-state index contributed by atoms with van der Waals surface area (Å²) >= 11 is 1.56. The first-order chi connectivity index (χ1) is 13.5. The molecule has 2 aliphatic rings. The number of amides is 1. The highest BCUT2D eigenvalue weighted by Crippen LogP contribution is 2.40. The molecule has 3 atom stereocenters. The van der Waals surface area contributed by atoms with Crippen LogP contribution in [0.15, 0.2) is 35.5 Å². The van der Waals surface area contributed by atoms with E-state index < -0.39 is 0 Å². The van der Waals surface area contributed by atoms with Crippen molar-refractivity contribution in [2.45, 2.75) is 62.9 Å². The van der Waals surface area contributed by atoms with Gasteiger partial charge in [0.1, 0.15) is 5.82 Å². The molecule has 1 aliphatic carbocycles. The lowest BCUT2D eigenvalue weighted by Gasteiger charge is -2.36. The molecule has 0 N–H and O–H groups in total. The molecule has 1 saturated carbocycles. The predicted molar refractivity (Wildman–Crippen MR) is 112 cm³/mol. The molecule has 4 rings (SSSR count). The van der Waals surface area contributed by atoms with Crippen LogP contribution < -0.4 is 0 Å². The zero-order chi connectivity index (χ0) is 19.7. The van der Waals surface area contributed by atoms with Gasteiger partial charge in [0.05, 0.1) is 11.8 Å². The van der Waals surface area contributed by atoms with Gasteiger partial charge in [-0.2, -0.15) is 0 Å². The standard InChI is InChI=1S/C22H30N4OS/c1-15-11-16(2)13-25(12-15)21(27)17(3)28-22-24-23-20(19-9-10-19)26(22)14-18-7-5-4-6-8-18/h4-8,15-17,19H,9-14H2,1-3H3.